The maximum Gasteiger partial charge on any atom is 0.0115 e. The minimum atomic E-state index is 0.419. The maximum absolute atomic E-state index is 5.43. The summed E-state index contributed by atoms with van der Waals surface area (Å²) in [6, 6.07) is 0. The van der Waals surface area contributed by atoms with Gasteiger partial charge in [0.15, 0.2) is 0 Å². The van der Waals surface area contributed by atoms with Crippen molar-refractivity contribution in [1.29, 1.82) is 0 Å². The first-order chi connectivity index (χ1) is 7.41. The second kappa shape index (κ2) is 5.23. The Morgan fingerprint density at radius 2 is 2.12 bits per heavy atom. The van der Waals surface area contributed by atoms with Gasteiger partial charge in [-0.2, -0.15) is 0 Å². The van der Waals surface area contributed by atoms with Crippen LogP contribution >= 0.6 is 0 Å². The fourth-order valence-electron chi connectivity index (χ4n) is 3.55. The van der Waals surface area contributed by atoms with Crippen LogP contribution in [0.2, 0.25) is 0 Å². The second-order valence-corrected chi connectivity index (χ2v) is 6.78. The molecule has 16 heavy (non-hydrogen) atoms. The average Bonchev–Trinajstić information content (AvgIpc) is 2.47. The van der Waals surface area contributed by atoms with Crippen LogP contribution in [0.5, 0.6) is 0 Å². The van der Waals surface area contributed by atoms with Crippen LogP contribution in [0.15, 0.2) is 0 Å². The molecule has 0 saturated heterocycles. The van der Waals surface area contributed by atoms with Gasteiger partial charge in [-0.3, -0.25) is 0 Å². The first-order valence-corrected chi connectivity index (χ1v) is 6.49. The van der Waals surface area contributed by atoms with Crippen LogP contribution in [0.3, 0.4) is 0 Å². The Morgan fingerprint density at radius 1 is 1.44 bits per heavy atom. The molecule has 1 nitrogen and oxygen atoms in total. The standard InChI is InChI=1S/C15H27N/c1-6-7-13-8-9-15(10-13,12-16-5)11-14(2,3)4/h1,13,16H,7-12H2,2-5H3. The molecule has 0 aliphatic heterocycles. The number of nitrogens with one attached hydrogen (secondary N) is 1. The van der Waals surface area contributed by atoms with E-state index in [0.717, 1.165) is 18.9 Å². The first-order valence-electron chi connectivity index (χ1n) is 6.49. The fraction of sp³-hybridized carbons (Fsp3) is 0.867. The van der Waals surface area contributed by atoms with Crippen molar-refractivity contribution in [2.24, 2.45) is 16.7 Å². The van der Waals surface area contributed by atoms with E-state index in [1.165, 1.54) is 25.7 Å². The quantitative estimate of drug-likeness (QED) is 0.717. The molecule has 1 saturated carbocycles. The second-order valence-electron chi connectivity index (χ2n) is 6.78. The first kappa shape index (κ1) is 13.6. The minimum absolute atomic E-state index is 0.419. The molecule has 0 aromatic heterocycles. The van der Waals surface area contributed by atoms with E-state index < -0.39 is 0 Å². The average molecular weight is 221 g/mol. The van der Waals surface area contributed by atoms with E-state index in [4.69, 9.17) is 6.42 Å². The Balaban J connectivity index is 2.65. The number of rotatable bonds is 4. The van der Waals surface area contributed by atoms with Crippen molar-refractivity contribution in [3.05, 3.63) is 0 Å². The Kier molecular flexibility index (Phi) is 4.44. The highest BCUT2D eigenvalue weighted by atomic mass is 14.8. The van der Waals surface area contributed by atoms with Gasteiger partial charge in [0.25, 0.3) is 0 Å². The van der Waals surface area contributed by atoms with Crippen molar-refractivity contribution in [2.75, 3.05) is 13.6 Å². The predicted octanol–water partition coefficient (Wildman–Crippen LogP) is 3.45. The summed E-state index contributed by atoms with van der Waals surface area (Å²) >= 11 is 0. The summed E-state index contributed by atoms with van der Waals surface area (Å²) in [6.45, 7) is 8.18. The lowest BCUT2D eigenvalue weighted by Gasteiger charge is -2.36. The van der Waals surface area contributed by atoms with Gasteiger partial charge in [-0.05, 0) is 49.5 Å². The molecule has 0 amide bonds. The minimum Gasteiger partial charge on any atom is -0.319 e. The highest BCUT2D eigenvalue weighted by Gasteiger charge is 2.40. The lowest BCUT2D eigenvalue weighted by Crippen LogP contribution is -2.34. The van der Waals surface area contributed by atoms with Crippen molar-refractivity contribution in [2.45, 2.75) is 52.9 Å². The molecular weight excluding hydrogens is 194 g/mol. The molecule has 2 unspecified atom stereocenters. The van der Waals surface area contributed by atoms with Crippen LogP contribution in [0.25, 0.3) is 0 Å². The van der Waals surface area contributed by atoms with Crippen LogP contribution in [0.4, 0.5) is 0 Å². The van der Waals surface area contributed by atoms with Gasteiger partial charge < -0.3 is 5.32 Å². The molecule has 92 valence electrons. The van der Waals surface area contributed by atoms with Gasteiger partial charge in [-0.25, -0.2) is 0 Å². The van der Waals surface area contributed by atoms with E-state index >= 15 is 0 Å². The highest BCUT2D eigenvalue weighted by molar-refractivity contribution is 4.97. The van der Waals surface area contributed by atoms with Crippen LogP contribution in [-0.4, -0.2) is 13.6 Å². The summed E-state index contributed by atoms with van der Waals surface area (Å²) in [5, 5.41) is 3.38. The Hall–Kier alpha value is -0.480. The third kappa shape index (κ3) is 3.83. The molecule has 1 aliphatic rings. The van der Waals surface area contributed by atoms with Crippen molar-refractivity contribution in [3.63, 3.8) is 0 Å². The summed E-state index contributed by atoms with van der Waals surface area (Å²) in [7, 11) is 2.07. The maximum atomic E-state index is 5.43. The molecule has 0 bridgehead atoms. The van der Waals surface area contributed by atoms with E-state index in [1.807, 2.05) is 0 Å². The fourth-order valence-corrected chi connectivity index (χ4v) is 3.55. The van der Waals surface area contributed by atoms with Gasteiger partial charge in [-0.15, -0.1) is 12.3 Å². The molecule has 0 spiro atoms. The number of hydrogen-bond donors (Lipinski definition) is 1. The zero-order valence-corrected chi connectivity index (χ0v) is 11.4. The Bertz CT molecular complexity index is 256. The molecule has 1 fully saturated rings. The zero-order chi connectivity index (χ0) is 12.2. The summed E-state index contributed by atoms with van der Waals surface area (Å²) in [5.41, 5.74) is 0.913. The summed E-state index contributed by atoms with van der Waals surface area (Å²) in [4.78, 5) is 0. The number of terminal acetylenes is 1. The number of hydrogen-bond acceptors (Lipinski definition) is 1. The van der Waals surface area contributed by atoms with E-state index in [2.05, 4.69) is 39.1 Å². The molecule has 2 atom stereocenters. The van der Waals surface area contributed by atoms with E-state index in [9.17, 15) is 0 Å². The van der Waals surface area contributed by atoms with Gasteiger partial charge in [-0.1, -0.05) is 20.8 Å². The summed E-state index contributed by atoms with van der Waals surface area (Å²) in [6.07, 6.45) is 11.7. The van der Waals surface area contributed by atoms with Crippen LogP contribution in [0, 0.1) is 29.1 Å². The molecule has 0 aromatic rings. The van der Waals surface area contributed by atoms with Crippen LogP contribution < -0.4 is 5.32 Å². The summed E-state index contributed by atoms with van der Waals surface area (Å²) < 4.78 is 0. The van der Waals surface area contributed by atoms with Gasteiger partial charge >= 0.3 is 0 Å². The lowest BCUT2D eigenvalue weighted by molar-refractivity contribution is 0.168. The van der Waals surface area contributed by atoms with Gasteiger partial charge in [0, 0.05) is 13.0 Å². The molecule has 0 radical (unpaired) electrons. The molecule has 1 N–H and O–H groups in total. The molecule has 0 heterocycles. The Morgan fingerprint density at radius 3 is 2.62 bits per heavy atom. The zero-order valence-electron chi connectivity index (χ0n) is 11.4. The lowest BCUT2D eigenvalue weighted by atomic mass is 9.72. The smallest absolute Gasteiger partial charge is 0.0115 e. The normalized spacial score (nSPS) is 30.3. The predicted molar refractivity (Wildman–Crippen MR) is 71.2 cm³/mol. The molecule has 0 aromatic carbocycles. The topological polar surface area (TPSA) is 12.0 Å². The monoisotopic (exact) mass is 221 g/mol. The van der Waals surface area contributed by atoms with Gasteiger partial charge in [0.05, 0.1) is 0 Å². The van der Waals surface area contributed by atoms with Crippen molar-refractivity contribution in [1.82, 2.24) is 5.32 Å². The Labute approximate surface area is 101 Å². The van der Waals surface area contributed by atoms with Crippen molar-refractivity contribution >= 4 is 0 Å². The molecule has 1 rings (SSSR count). The molecular formula is C15H27N. The summed E-state index contributed by atoms with van der Waals surface area (Å²) in [5.74, 6) is 3.60. The third-order valence-electron chi connectivity index (χ3n) is 3.67. The van der Waals surface area contributed by atoms with E-state index in [-0.39, 0.29) is 0 Å². The van der Waals surface area contributed by atoms with E-state index in [0.29, 0.717) is 10.8 Å². The van der Waals surface area contributed by atoms with Crippen LogP contribution in [-0.2, 0) is 0 Å². The van der Waals surface area contributed by atoms with E-state index in [1.54, 1.807) is 0 Å². The highest BCUT2D eigenvalue weighted by Crippen LogP contribution is 2.49. The largest absolute Gasteiger partial charge is 0.319 e. The SMILES string of the molecule is C#CCC1CCC(CNC)(CC(C)(C)C)C1. The molecule has 1 heteroatoms. The van der Waals surface area contributed by atoms with Crippen molar-refractivity contribution in [3.8, 4) is 12.3 Å². The van der Waals surface area contributed by atoms with Gasteiger partial charge in [0.2, 0.25) is 0 Å². The molecule has 1 aliphatic carbocycles. The van der Waals surface area contributed by atoms with Gasteiger partial charge in [0.1, 0.15) is 0 Å². The third-order valence-corrected chi connectivity index (χ3v) is 3.67. The van der Waals surface area contributed by atoms with Crippen molar-refractivity contribution < 1.29 is 0 Å². The van der Waals surface area contributed by atoms with Crippen LogP contribution in [0.1, 0.15) is 52.9 Å².